The molecule has 0 aliphatic heterocycles. The van der Waals surface area contributed by atoms with Crippen molar-refractivity contribution < 1.29 is 0 Å². The third-order valence-corrected chi connectivity index (χ3v) is 2.62. The first-order valence-electron chi connectivity index (χ1n) is 4.69. The molecule has 5 heteroatoms. The summed E-state index contributed by atoms with van der Waals surface area (Å²) in [4.78, 5) is 4.04. The monoisotopic (exact) mass is 198 g/mol. The molecule has 2 N–H and O–H groups in total. The van der Waals surface area contributed by atoms with Gasteiger partial charge in [0.2, 0.25) is 5.13 Å². The fourth-order valence-electron chi connectivity index (χ4n) is 1.13. The predicted octanol–water partition coefficient (Wildman–Crippen LogP) is 1.09. The Kier molecular flexibility index (Phi) is 3.10. The van der Waals surface area contributed by atoms with Crippen molar-refractivity contribution in [2.24, 2.45) is 0 Å². The molecule has 1 saturated carbocycles. The molecule has 13 heavy (non-hydrogen) atoms. The third kappa shape index (κ3) is 3.28. The van der Waals surface area contributed by atoms with Crippen LogP contribution in [0, 0.1) is 0 Å². The van der Waals surface area contributed by atoms with E-state index in [1.807, 2.05) is 0 Å². The average molecular weight is 198 g/mol. The van der Waals surface area contributed by atoms with Gasteiger partial charge in [-0.05, 0) is 25.8 Å². The summed E-state index contributed by atoms with van der Waals surface area (Å²) < 4.78 is 3.91. The summed E-state index contributed by atoms with van der Waals surface area (Å²) in [6, 6.07) is 0.821. The van der Waals surface area contributed by atoms with Crippen LogP contribution >= 0.6 is 11.5 Å². The first-order chi connectivity index (χ1) is 6.45. The number of hydrogen-bond acceptors (Lipinski definition) is 5. The smallest absolute Gasteiger partial charge is 0.202 e. The van der Waals surface area contributed by atoms with E-state index in [4.69, 9.17) is 0 Å². The third-order valence-electron chi connectivity index (χ3n) is 2.00. The zero-order valence-corrected chi connectivity index (χ0v) is 8.31. The second-order valence-electron chi connectivity index (χ2n) is 3.26. The van der Waals surface area contributed by atoms with E-state index in [2.05, 4.69) is 20.0 Å². The van der Waals surface area contributed by atoms with Gasteiger partial charge in [0.15, 0.2) is 0 Å². The van der Waals surface area contributed by atoms with Gasteiger partial charge in [-0.25, -0.2) is 4.98 Å². The van der Waals surface area contributed by atoms with Crippen LogP contribution in [0.15, 0.2) is 6.33 Å². The summed E-state index contributed by atoms with van der Waals surface area (Å²) in [6.07, 6.45) is 5.46. The van der Waals surface area contributed by atoms with Crippen LogP contribution in [-0.4, -0.2) is 28.5 Å². The second kappa shape index (κ2) is 4.53. The Balaban J connectivity index is 1.48. The van der Waals surface area contributed by atoms with Crippen molar-refractivity contribution >= 4 is 16.7 Å². The molecule has 1 aliphatic rings. The molecule has 2 rings (SSSR count). The number of hydrogen-bond donors (Lipinski definition) is 2. The largest absolute Gasteiger partial charge is 0.360 e. The van der Waals surface area contributed by atoms with Gasteiger partial charge in [-0.1, -0.05) is 0 Å². The molecule has 1 heterocycles. The van der Waals surface area contributed by atoms with Crippen molar-refractivity contribution in [2.45, 2.75) is 25.3 Å². The Morgan fingerprint density at radius 2 is 2.38 bits per heavy atom. The van der Waals surface area contributed by atoms with Crippen LogP contribution in [0.3, 0.4) is 0 Å². The van der Waals surface area contributed by atoms with E-state index in [1.54, 1.807) is 6.33 Å². The molecule has 0 atom stereocenters. The Labute approximate surface area is 81.9 Å². The summed E-state index contributed by atoms with van der Waals surface area (Å²) in [6.45, 7) is 2.09. The first-order valence-corrected chi connectivity index (χ1v) is 5.46. The van der Waals surface area contributed by atoms with Crippen LogP contribution in [0.5, 0.6) is 0 Å². The standard InChI is InChI=1S/C8H14N4S/c1(4-9-7-2-3-7)5-10-8-11-6-12-13-8/h6-7,9H,1-5H2,(H,10,11,12). The molecule has 1 fully saturated rings. The van der Waals surface area contributed by atoms with Gasteiger partial charge >= 0.3 is 0 Å². The van der Waals surface area contributed by atoms with E-state index >= 15 is 0 Å². The SMILES string of the molecule is c1nsc(NCCCNC2CC2)n1. The molecule has 0 unspecified atom stereocenters. The Bertz CT molecular complexity index is 232. The van der Waals surface area contributed by atoms with E-state index in [0.717, 1.165) is 30.7 Å². The molecule has 72 valence electrons. The maximum atomic E-state index is 4.04. The molecule has 0 spiro atoms. The molecular formula is C8H14N4S. The van der Waals surface area contributed by atoms with Crippen LogP contribution in [0.25, 0.3) is 0 Å². The van der Waals surface area contributed by atoms with Gasteiger partial charge in [-0.2, -0.15) is 4.37 Å². The predicted molar refractivity (Wildman–Crippen MR) is 54.0 cm³/mol. The highest BCUT2D eigenvalue weighted by Crippen LogP contribution is 2.18. The van der Waals surface area contributed by atoms with E-state index in [9.17, 15) is 0 Å². The minimum Gasteiger partial charge on any atom is -0.360 e. The Hall–Kier alpha value is -0.680. The summed E-state index contributed by atoms with van der Waals surface area (Å²) >= 11 is 1.41. The molecule has 0 aromatic carbocycles. The van der Waals surface area contributed by atoms with Crippen LogP contribution in [0.4, 0.5) is 5.13 Å². The fourth-order valence-corrected chi connectivity index (χ4v) is 1.58. The molecular weight excluding hydrogens is 184 g/mol. The van der Waals surface area contributed by atoms with Crippen LogP contribution in [-0.2, 0) is 0 Å². The lowest BCUT2D eigenvalue weighted by Gasteiger charge is -2.02. The quantitative estimate of drug-likeness (QED) is 0.672. The molecule has 0 saturated heterocycles. The first kappa shape index (κ1) is 8.90. The maximum absolute atomic E-state index is 4.04. The molecule has 0 amide bonds. The molecule has 0 radical (unpaired) electrons. The minimum atomic E-state index is 0.821. The Morgan fingerprint density at radius 3 is 3.08 bits per heavy atom. The number of nitrogens with one attached hydrogen (secondary N) is 2. The van der Waals surface area contributed by atoms with Crippen molar-refractivity contribution in [3.63, 3.8) is 0 Å². The van der Waals surface area contributed by atoms with Crippen LogP contribution in [0.2, 0.25) is 0 Å². The zero-order chi connectivity index (χ0) is 8.93. The van der Waals surface area contributed by atoms with Crippen molar-refractivity contribution in [1.82, 2.24) is 14.7 Å². The summed E-state index contributed by atoms with van der Waals surface area (Å²) in [7, 11) is 0. The minimum absolute atomic E-state index is 0.821. The molecule has 1 aliphatic carbocycles. The van der Waals surface area contributed by atoms with Crippen LogP contribution < -0.4 is 10.6 Å². The fraction of sp³-hybridized carbons (Fsp3) is 0.750. The molecule has 1 aromatic rings. The van der Waals surface area contributed by atoms with Crippen molar-refractivity contribution in [2.75, 3.05) is 18.4 Å². The summed E-state index contributed by atoms with van der Waals surface area (Å²) in [5.41, 5.74) is 0. The lowest BCUT2D eigenvalue weighted by Crippen LogP contribution is -2.19. The number of nitrogens with zero attached hydrogens (tertiary/aromatic N) is 2. The Morgan fingerprint density at radius 1 is 1.46 bits per heavy atom. The molecule has 1 aromatic heterocycles. The van der Waals surface area contributed by atoms with Gasteiger partial charge in [0, 0.05) is 24.1 Å². The van der Waals surface area contributed by atoms with Crippen molar-refractivity contribution in [1.29, 1.82) is 0 Å². The summed E-state index contributed by atoms with van der Waals surface area (Å²) in [5.74, 6) is 0. The highest BCUT2D eigenvalue weighted by atomic mass is 32.1. The van der Waals surface area contributed by atoms with Gasteiger partial charge in [0.1, 0.15) is 6.33 Å². The normalized spacial score (nSPS) is 16.0. The van der Waals surface area contributed by atoms with Crippen LogP contribution in [0.1, 0.15) is 19.3 Å². The van der Waals surface area contributed by atoms with Gasteiger partial charge in [0.05, 0.1) is 0 Å². The molecule has 4 nitrogen and oxygen atoms in total. The van der Waals surface area contributed by atoms with Crippen molar-refractivity contribution in [3.8, 4) is 0 Å². The summed E-state index contributed by atoms with van der Waals surface area (Å²) in [5, 5.41) is 7.61. The van der Waals surface area contributed by atoms with Gasteiger partial charge in [-0.3, -0.25) is 0 Å². The van der Waals surface area contributed by atoms with Crippen molar-refractivity contribution in [3.05, 3.63) is 6.33 Å². The van der Waals surface area contributed by atoms with Gasteiger partial charge in [-0.15, -0.1) is 0 Å². The average Bonchev–Trinajstić information content (AvgIpc) is 2.81. The highest BCUT2D eigenvalue weighted by molar-refractivity contribution is 7.09. The highest BCUT2D eigenvalue weighted by Gasteiger charge is 2.19. The number of aromatic nitrogens is 2. The van der Waals surface area contributed by atoms with Gasteiger partial charge in [0.25, 0.3) is 0 Å². The lowest BCUT2D eigenvalue weighted by atomic mass is 10.4. The van der Waals surface area contributed by atoms with E-state index in [-0.39, 0.29) is 0 Å². The lowest BCUT2D eigenvalue weighted by molar-refractivity contribution is 0.659. The zero-order valence-electron chi connectivity index (χ0n) is 7.49. The molecule has 0 bridgehead atoms. The topological polar surface area (TPSA) is 49.8 Å². The van der Waals surface area contributed by atoms with E-state index in [0.29, 0.717) is 0 Å². The maximum Gasteiger partial charge on any atom is 0.202 e. The van der Waals surface area contributed by atoms with Gasteiger partial charge < -0.3 is 10.6 Å². The second-order valence-corrected chi connectivity index (χ2v) is 4.04. The number of anilines is 1. The van der Waals surface area contributed by atoms with E-state index < -0.39 is 0 Å². The number of rotatable bonds is 6. The van der Waals surface area contributed by atoms with E-state index in [1.165, 1.54) is 24.4 Å².